The first-order chi connectivity index (χ1) is 6.66. The fourth-order valence-corrected chi connectivity index (χ4v) is 2.05. The van der Waals surface area contributed by atoms with E-state index in [1.807, 2.05) is 0 Å². The summed E-state index contributed by atoms with van der Waals surface area (Å²) in [7, 11) is 0. The molecule has 0 saturated carbocycles. The maximum atomic E-state index is 10.2. The van der Waals surface area contributed by atoms with Gasteiger partial charge in [-0.2, -0.15) is 0 Å². The molecule has 84 valence electrons. The van der Waals surface area contributed by atoms with Gasteiger partial charge in [0.2, 0.25) is 0 Å². The zero-order valence-electron chi connectivity index (χ0n) is 8.97. The van der Waals surface area contributed by atoms with Crippen LogP contribution in [0.3, 0.4) is 0 Å². The van der Waals surface area contributed by atoms with Gasteiger partial charge in [0.15, 0.2) is 0 Å². The smallest absolute Gasteiger partial charge is 0.303 e. The van der Waals surface area contributed by atoms with E-state index in [9.17, 15) is 4.79 Å². The minimum Gasteiger partial charge on any atom is -0.481 e. The third-order valence-electron chi connectivity index (χ3n) is 2.28. The van der Waals surface area contributed by atoms with Crippen molar-refractivity contribution in [3.8, 4) is 0 Å². The Morgan fingerprint density at radius 1 is 1.21 bits per heavy atom. The van der Waals surface area contributed by atoms with E-state index in [0.717, 1.165) is 19.3 Å². The van der Waals surface area contributed by atoms with E-state index in [2.05, 4.69) is 22.9 Å². The Morgan fingerprint density at radius 3 is 2.29 bits per heavy atom. The molecule has 0 aromatic carbocycles. The highest BCUT2D eigenvalue weighted by Gasteiger charge is 2.04. The van der Waals surface area contributed by atoms with Gasteiger partial charge in [0.1, 0.15) is 0 Å². The molecule has 14 heavy (non-hydrogen) atoms. The van der Waals surface area contributed by atoms with Gasteiger partial charge >= 0.3 is 5.97 Å². The number of carboxylic acids is 1. The lowest BCUT2D eigenvalue weighted by atomic mass is 10.1. The molecule has 0 amide bonds. The van der Waals surface area contributed by atoms with Gasteiger partial charge in [0, 0.05) is 11.2 Å². The van der Waals surface area contributed by atoms with Crippen molar-refractivity contribution in [2.75, 3.05) is 0 Å². The number of halogens is 1. The molecule has 1 N–H and O–H groups in total. The highest BCUT2D eigenvalue weighted by Crippen LogP contribution is 2.17. The number of aliphatic carboxylic acids is 1. The molecule has 1 atom stereocenters. The van der Waals surface area contributed by atoms with E-state index in [4.69, 9.17) is 5.11 Å². The Hall–Kier alpha value is -0.0500. The number of rotatable bonds is 9. The normalized spacial score (nSPS) is 12.7. The lowest BCUT2D eigenvalue weighted by Gasteiger charge is -2.08. The highest BCUT2D eigenvalue weighted by atomic mass is 79.9. The fourth-order valence-electron chi connectivity index (χ4n) is 1.40. The second kappa shape index (κ2) is 9.50. The molecule has 2 nitrogen and oxygen atoms in total. The number of unbranched alkanes of at least 4 members (excludes halogenated alkanes) is 3. The molecule has 0 spiro atoms. The zero-order chi connectivity index (χ0) is 10.8. The second-order valence-corrected chi connectivity index (χ2v) is 5.03. The van der Waals surface area contributed by atoms with Crippen molar-refractivity contribution in [3.63, 3.8) is 0 Å². The van der Waals surface area contributed by atoms with Crippen molar-refractivity contribution in [2.24, 2.45) is 0 Å². The predicted octanol–water partition coefficient (Wildman–Crippen LogP) is 3.98. The summed E-state index contributed by atoms with van der Waals surface area (Å²) >= 11 is 3.63. The minimum atomic E-state index is -0.679. The summed E-state index contributed by atoms with van der Waals surface area (Å²) in [6, 6.07) is 0. The largest absolute Gasteiger partial charge is 0.481 e. The Morgan fingerprint density at radius 2 is 1.79 bits per heavy atom. The van der Waals surface area contributed by atoms with Crippen LogP contribution in [0.4, 0.5) is 0 Å². The van der Waals surface area contributed by atoms with Crippen LogP contribution in [-0.4, -0.2) is 15.9 Å². The van der Waals surface area contributed by atoms with Crippen LogP contribution in [0.1, 0.15) is 58.3 Å². The third kappa shape index (κ3) is 10.0. The summed E-state index contributed by atoms with van der Waals surface area (Å²) < 4.78 is 0. The average molecular weight is 265 g/mol. The zero-order valence-corrected chi connectivity index (χ0v) is 10.6. The van der Waals surface area contributed by atoms with Gasteiger partial charge in [-0.3, -0.25) is 4.79 Å². The fraction of sp³-hybridized carbons (Fsp3) is 0.909. The van der Waals surface area contributed by atoms with Gasteiger partial charge < -0.3 is 5.11 Å². The summed E-state index contributed by atoms with van der Waals surface area (Å²) in [6.45, 7) is 2.20. The van der Waals surface area contributed by atoms with Crippen LogP contribution in [0, 0.1) is 0 Å². The molecule has 0 saturated heterocycles. The molecule has 0 fully saturated rings. The van der Waals surface area contributed by atoms with Crippen molar-refractivity contribution >= 4 is 21.9 Å². The highest BCUT2D eigenvalue weighted by molar-refractivity contribution is 9.09. The molecular formula is C11H21BrO2. The molecule has 0 aromatic heterocycles. The van der Waals surface area contributed by atoms with Gasteiger partial charge in [0.25, 0.3) is 0 Å². The average Bonchev–Trinajstić information content (AvgIpc) is 2.13. The number of carboxylic acid groups (broad SMARTS) is 1. The van der Waals surface area contributed by atoms with Crippen LogP contribution in [0.25, 0.3) is 0 Å². The Kier molecular flexibility index (Phi) is 9.47. The van der Waals surface area contributed by atoms with E-state index < -0.39 is 5.97 Å². The van der Waals surface area contributed by atoms with Crippen molar-refractivity contribution in [3.05, 3.63) is 0 Å². The molecule has 0 bridgehead atoms. The molecule has 0 heterocycles. The Labute approximate surface area is 95.2 Å². The van der Waals surface area contributed by atoms with Crippen molar-refractivity contribution in [2.45, 2.75) is 63.1 Å². The van der Waals surface area contributed by atoms with Crippen LogP contribution in [0.2, 0.25) is 0 Å². The van der Waals surface area contributed by atoms with Gasteiger partial charge in [-0.25, -0.2) is 0 Å². The molecule has 1 unspecified atom stereocenters. The van der Waals surface area contributed by atoms with Crippen LogP contribution < -0.4 is 0 Å². The number of hydrogen-bond donors (Lipinski definition) is 1. The van der Waals surface area contributed by atoms with Gasteiger partial charge in [-0.1, -0.05) is 48.5 Å². The summed E-state index contributed by atoms with van der Waals surface area (Å²) in [4.78, 5) is 10.8. The van der Waals surface area contributed by atoms with Crippen molar-refractivity contribution in [1.82, 2.24) is 0 Å². The lowest BCUT2D eigenvalue weighted by Crippen LogP contribution is -1.99. The van der Waals surface area contributed by atoms with Crippen LogP contribution in [0.15, 0.2) is 0 Å². The van der Waals surface area contributed by atoms with E-state index in [1.54, 1.807) is 0 Å². The van der Waals surface area contributed by atoms with Gasteiger partial charge in [-0.05, 0) is 19.3 Å². The van der Waals surface area contributed by atoms with Crippen LogP contribution in [0.5, 0.6) is 0 Å². The first kappa shape index (κ1) is 13.9. The molecular weight excluding hydrogens is 244 g/mol. The maximum absolute atomic E-state index is 10.2. The summed E-state index contributed by atoms with van der Waals surface area (Å²) in [5.74, 6) is -0.679. The third-order valence-corrected chi connectivity index (χ3v) is 3.19. The van der Waals surface area contributed by atoms with Crippen LogP contribution in [-0.2, 0) is 4.79 Å². The molecule has 0 aliphatic rings. The Balaban J connectivity index is 3.18. The van der Waals surface area contributed by atoms with Crippen molar-refractivity contribution in [1.29, 1.82) is 0 Å². The molecule has 3 heteroatoms. The monoisotopic (exact) mass is 264 g/mol. The van der Waals surface area contributed by atoms with E-state index >= 15 is 0 Å². The lowest BCUT2D eigenvalue weighted by molar-refractivity contribution is -0.137. The van der Waals surface area contributed by atoms with E-state index in [0.29, 0.717) is 11.2 Å². The summed E-state index contributed by atoms with van der Waals surface area (Å²) in [5, 5.41) is 8.44. The summed E-state index contributed by atoms with van der Waals surface area (Å²) in [5.41, 5.74) is 0. The second-order valence-electron chi connectivity index (χ2n) is 3.73. The SMILES string of the molecule is CCCCCC(Br)CCCCC(=O)O. The predicted molar refractivity (Wildman–Crippen MR) is 63.0 cm³/mol. The molecule has 0 rings (SSSR count). The molecule has 0 aromatic rings. The first-order valence-corrected chi connectivity index (χ1v) is 6.44. The minimum absolute atomic E-state index is 0.314. The standard InChI is InChI=1S/C11H21BrO2/c1-2-3-4-7-10(12)8-5-6-9-11(13)14/h10H,2-9H2,1H3,(H,13,14). The number of alkyl halides is 1. The van der Waals surface area contributed by atoms with Crippen molar-refractivity contribution < 1.29 is 9.90 Å². The topological polar surface area (TPSA) is 37.3 Å². The maximum Gasteiger partial charge on any atom is 0.303 e. The number of hydrogen-bond acceptors (Lipinski definition) is 1. The molecule has 0 aliphatic carbocycles. The first-order valence-electron chi connectivity index (χ1n) is 5.52. The van der Waals surface area contributed by atoms with E-state index in [1.165, 1.54) is 25.7 Å². The van der Waals surface area contributed by atoms with Crippen LogP contribution >= 0.6 is 15.9 Å². The molecule has 0 aliphatic heterocycles. The van der Waals surface area contributed by atoms with Gasteiger partial charge in [-0.15, -0.1) is 0 Å². The number of carbonyl (C=O) groups is 1. The Bertz CT molecular complexity index is 148. The quantitative estimate of drug-likeness (QED) is 0.506. The molecule has 0 radical (unpaired) electrons. The summed E-state index contributed by atoms with van der Waals surface area (Å²) in [6.07, 6.45) is 8.33. The van der Waals surface area contributed by atoms with Gasteiger partial charge in [0.05, 0.1) is 0 Å². The van der Waals surface area contributed by atoms with E-state index in [-0.39, 0.29) is 0 Å².